The number of aromatic nitrogens is 2. The number of hydrogen-bond donors (Lipinski definition) is 1. The molecule has 0 aliphatic rings. The van der Waals surface area contributed by atoms with Gasteiger partial charge in [-0.25, -0.2) is 0 Å². The fourth-order valence-corrected chi connectivity index (χ4v) is 1.69. The number of benzene rings is 1. The van der Waals surface area contributed by atoms with E-state index in [0.29, 0.717) is 5.89 Å². The zero-order valence-electron chi connectivity index (χ0n) is 11.3. The molecule has 0 radical (unpaired) electrons. The minimum absolute atomic E-state index is 0.0293. The Hall–Kier alpha value is -1.88. The second-order valence-electron chi connectivity index (χ2n) is 4.50. The highest BCUT2D eigenvalue weighted by atomic mass is 16.5. The van der Waals surface area contributed by atoms with Gasteiger partial charge in [0.1, 0.15) is 5.75 Å². The third-order valence-electron chi connectivity index (χ3n) is 2.75. The number of ether oxygens (including phenoxy) is 1. The standard InChI is InChI=1S/C14H19N3O2/c1-3-4-13-16-14(19-17-13)9-18-12-7-5-11(6-8-12)10(2)15/h5-8,10H,3-4,9,15H2,1-2H3. The fraction of sp³-hybridized carbons (Fsp3) is 0.429. The Bertz CT molecular complexity index is 506. The molecule has 0 bridgehead atoms. The average Bonchev–Trinajstić information content (AvgIpc) is 2.85. The smallest absolute Gasteiger partial charge is 0.264 e. The summed E-state index contributed by atoms with van der Waals surface area (Å²) in [6, 6.07) is 7.72. The number of aryl methyl sites for hydroxylation is 1. The summed E-state index contributed by atoms with van der Waals surface area (Å²) >= 11 is 0. The summed E-state index contributed by atoms with van der Waals surface area (Å²) in [5.74, 6) is 1.99. The van der Waals surface area contributed by atoms with Crippen molar-refractivity contribution in [3.63, 3.8) is 0 Å². The van der Waals surface area contributed by atoms with Gasteiger partial charge in [0.25, 0.3) is 5.89 Å². The number of nitrogens with two attached hydrogens (primary N) is 1. The Balaban J connectivity index is 1.90. The molecule has 0 amide bonds. The van der Waals surface area contributed by atoms with Gasteiger partial charge >= 0.3 is 0 Å². The highest BCUT2D eigenvalue weighted by Crippen LogP contribution is 2.17. The van der Waals surface area contributed by atoms with Crippen molar-refractivity contribution >= 4 is 0 Å². The van der Waals surface area contributed by atoms with Crippen LogP contribution in [0.25, 0.3) is 0 Å². The summed E-state index contributed by atoms with van der Waals surface area (Å²) in [6.45, 7) is 4.31. The molecule has 5 nitrogen and oxygen atoms in total. The van der Waals surface area contributed by atoms with E-state index in [1.54, 1.807) is 0 Å². The normalized spacial score (nSPS) is 12.4. The van der Waals surface area contributed by atoms with E-state index in [1.165, 1.54) is 0 Å². The van der Waals surface area contributed by atoms with Gasteiger partial charge in [-0.1, -0.05) is 24.2 Å². The first kappa shape index (κ1) is 13.5. The molecule has 1 unspecified atom stereocenters. The summed E-state index contributed by atoms with van der Waals surface area (Å²) in [6.07, 6.45) is 1.82. The SMILES string of the molecule is CCCc1noc(COc2ccc(C(C)N)cc2)n1. The molecule has 2 rings (SSSR count). The summed E-state index contributed by atoms with van der Waals surface area (Å²) in [7, 11) is 0. The topological polar surface area (TPSA) is 74.2 Å². The monoisotopic (exact) mass is 261 g/mol. The minimum Gasteiger partial charge on any atom is -0.484 e. The molecule has 1 aromatic carbocycles. The van der Waals surface area contributed by atoms with Gasteiger partial charge in [-0.05, 0) is 31.0 Å². The zero-order valence-corrected chi connectivity index (χ0v) is 11.3. The molecule has 0 saturated carbocycles. The summed E-state index contributed by atoms with van der Waals surface area (Å²) < 4.78 is 10.7. The first-order valence-electron chi connectivity index (χ1n) is 6.49. The second kappa shape index (κ2) is 6.33. The lowest BCUT2D eigenvalue weighted by Gasteiger charge is -2.07. The fourth-order valence-electron chi connectivity index (χ4n) is 1.69. The Morgan fingerprint density at radius 3 is 2.68 bits per heavy atom. The largest absolute Gasteiger partial charge is 0.484 e. The molecule has 0 spiro atoms. The van der Waals surface area contributed by atoms with E-state index in [-0.39, 0.29) is 12.6 Å². The maximum atomic E-state index is 5.79. The van der Waals surface area contributed by atoms with Crippen molar-refractivity contribution in [1.29, 1.82) is 0 Å². The van der Waals surface area contributed by atoms with Crippen LogP contribution in [0.1, 0.15) is 43.6 Å². The predicted octanol–water partition coefficient (Wildman–Crippen LogP) is 2.62. The predicted molar refractivity (Wildman–Crippen MR) is 71.7 cm³/mol. The van der Waals surface area contributed by atoms with Gasteiger partial charge in [0, 0.05) is 12.5 Å². The first-order valence-corrected chi connectivity index (χ1v) is 6.49. The molecule has 1 aromatic heterocycles. The van der Waals surface area contributed by atoms with Gasteiger partial charge in [-0.3, -0.25) is 0 Å². The number of hydrogen-bond acceptors (Lipinski definition) is 5. The van der Waals surface area contributed by atoms with E-state index in [0.717, 1.165) is 30.0 Å². The minimum atomic E-state index is 0.0293. The maximum Gasteiger partial charge on any atom is 0.264 e. The van der Waals surface area contributed by atoms with Crippen LogP contribution in [0.5, 0.6) is 5.75 Å². The second-order valence-corrected chi connectivity index (χ2v) is 4.50. The average molecular weight is 261 g/mol. The maximum absolute atomic E-state index is 5.79. The Labute approximate surface area is 112 Å². The molecule has 0 saturated heterocycles. The molecule has 1 atom stereocenters. The van der Waals surface area contributed by atoms with Gasteiger partial charge in [-0.15, -0.1) is 0 Å². The first-order chi connectivity index (χ1) is 9.19. The van der Waals surface area contributed by atoms with E-state index in [1.807, 2.05) is 31.2 Å². The van der Waals surface area contributed by atoms with Crippen LogP contribution < -0.4 is 10.5 Å². The van der Waals surface area contributed by atoms with Gasteiger partial charge in [0.05, 0.1) is 0 Å². The molecule has 19 heavy (non-hydrogen) atoms. The Morgan fingerprint density at radius 1 is 1.32 bits per heavy atom. The molecule has 2 N–H and O–H groups in total. The van der Waals surface area contributed by atoms with Gasteiger partial charge in [-0.2, -0.15) is 4.98 Å². The van der Waals surface area contributed by atoms with Gasteiger partial charge in [0.15, 0.2) is 12.4 Å². The van der Waals surface area contributed by atoms with Crippen LogP contribution in [-0.4, -0.2) is 10.1 Å². The van der Waals surface area contributed by atoms with E-state index in [2.05, 4.69) is 17.1 Å². The van der Waals surface area contributed by atoms with Crippen LogP contribution >= 0.6 is 0 Å². The molecule has 0 aliphatic carbocycles. The molecular formula is C14H19N3O2. The molecule has 1 heterocycles. The lowest BCUT2D eigenvalue weighted by atomic mass is 10.1. The Kier molecular flexibility index (Phi) is 4.52. The van der Waals surface area contributed by atoms with Crippen LogP contribution in [0.15, 0.2) is 28.8 Å². The van der Waals surface area contributed by atoms with E-state index >= 15 is 0 Å². The van der Waals surface area contributed by atoms with Crippen molar-refractivity contribution in [3.05, 3.63) is 41.5 Å². The molecular weight excluding hydrogens is 242 g/mol. The summed E-state index contributed by atoms with van der Waals surface area (Å²) in [4.78, 5) is 4.24. The van der Waals surface area contributed by atoms with Crippen LogP contribution in [0.4, 0.5) is 0 Å². The third-order valence-corrected chi connectivity index (χ3v) is 2.75. The van der Waals surface area contributed by atoms with Crippen molar-refractivity contribution in [1.82, 2.24) is 10.1 Å². The molecule has 5 heteroatoms. The van der Waals surface area contributed by atoms with Gasteiger partial charge in [0.2, 0.25) is 0 Å². The van der Waals surface area contributed by atoms with E-state index in [4.69, 9.17) is 15.0 Å². The Morgan fingerprint density at radius 2 is 2.05 bits per heavy atom. The van der Waals surface area contributed by atoms with Crippen LogP contribution in [0.3, 0.4) is 0 Å². The molecule has 2 aromatic rings. The van der Waals surface area contributed by atoms with Crippen molar-refractivity contribution < 1.29 is 9.26 Å². The molecule has 0 aliphatic heterocycles. The lowest BCUT2D eigenvalue weighted by Crippen LogP contribution is -2.04. The van der Waals surface area contributed by atoms with Crippen molar-refractivity contribution in [2.75, 3.05) is 0 Å². The highest BCUT2D eigenvalue weighted by molar-refractivity contribution is 5.28. The summed E-state index contributed by atoms with van der Waals surface area (Å²) in [5.41, 5.74) is 6.86. The van der Waals surface area contributed by atoms with Crippen molar-refractivity contribution in [2.45, 2.75) is 39.3 Å². The van der Waals surface area contributed by atoms with E-state index in [9.17, 15) is 0 Å². The van der Waals surface area contributed by atoms with Crippen LogP contribution in [-0.2, 0) is 13.0 Å². The lowest BCUT2D eigenvalue weighted by molar-refractivity contribution is 0.242. The number of rotatable bonds is 6. The van der Waals surface area contributed by atoms with E-state index < -0.39 is 0 Å². The molecule has 0 fully saturated rings. The van der Waals surface area contributed by atoms with Crippen LogP contribution in [0.2, 0.25) is 0 Å². The highest BCUT2D eigenvalue weighted by Gasteiger charge is 2.06. The third kappa shape index (κ3) is 3.79. The van der Waals surface area contributed by atoms with Crippen LogP contribution in [0, 0.1) is 0 Å². The summed E-state index contributed by atoms with van der Waals surface area (Å²) in [5, 5.41) is 3.87. The van der Waals surface area contributed by atoms with Crippen molar-refractivity contribution in [2.24, 2.45) is 5.73 Å². The van der Waals surface area contributed by atoms with Crippen molar-refractivity contribution in [3.8, 4) is 5.75 Å². The van der Waals surface area contributed by atoms with Gasteiger partial charge < -0.3 is 15.0 Å². The molecule has 102 valence electrons. The zero-order chi connectivity index (χ0) is 13.7. The number of nitrogens with zero attached hydrogens (tertiary/aromatic N) is 2. The quantitative estimate of drug-likeness (QED) is 0.865.